The summed E-state index contributed by atoms with van der Waals surface area (Å²) in [7, 11) is 4.07. The highest BCUT2D eigenvalue weighted by atomic mass is 19.1. The van der Waals surface area contributed by atoms with E-state index < -0.39 is 0 Å². The molecule has 1 aliphatic rings. The van der Waals surface area contributed by atoms with Crippen LogP contribution in [0.2, 0.25) is 0 Å². The predicted octanol–water partition coefficient (Wildman–Crippen LogP) is 2.82. The third-order valence-electron chi connectivity index (χ3n) is 5.93. The predicted molar refractivity (Wildman–Crippen MR) is 124 cm³/mol. The number of piperazine rings is 1. The molecule has 0 bridgehead atoms. The van der Waals surface area contributed by atoms with E-state index in [1.54, 1.807) is 12.1 Å². The second-order valence-corrected chi connectivity index (χ2v) is 8.33. The molecule has 2 aromatic carbocycles. The molecule has 0 spiro atoms. The van der Waals surface area contributed by atoms with E-state index in [1.807, 2.05) is 24.9 Å². The lowest BCUT2D eigenvalue weighted by atomic mass is 10.0. The number of nitrogens with zero attached hydrogens (tertiary/aromatic N) is 7. The van der Waals surface area contributed by atoms with Crippen molar-refractivity contribution in [3.8, 4) is 0 Å². The van der Waals surface area contributed by atoms with E-state index in [0.717, 1.165) is 55.4 Å². The third kappa shape index (κ3) is 5.03. The van der Waals surface area contributed by atoms with Crippen molar-refractivity contribution in [2.75, 3.05) is 51.7 Å². The monoisotopic (exact) mass is 435 g/mol. The number of tetrazole rings is 1. The van der Waals surface area contributed by atoms with E-state index in [-0.39, 0.29) is 11.9 Å². The highest BCUT2D eigenvalue weighted by Gasteiger charge is 2.30. The second kappa shape index (κ2) is 10.0. The highest BCUT2D eigenvalue weighted by molar-refractivity contribution is 5.47. The Balaban J connectivity index is 1.64. The normalized spacial score (nSPS) is 16.1. The van der Waals surface area contributed by atoms with Gasteiger partial charge in [0.2, 0.25) is 0 Å². The minimum Gasteiger partial charge on any atom is -0.378 e. The molecule has 2 heterocycles. The van der Waals surface area contributed by atoms with E-state index in [9.17, 15) is 4.39 Å². The Bertz CT molecular complexity index is 1010. The molecule has 32 heavy (non-hydrogen) atoms. The molecule has 8 heteroatoms. The van der Waals surface area contributed by atoms with Gasteiger partial charge in [-0.2, -0.15) is 0 Å². The Morgan fingerprint density at radius 3 is 2.34 bits per heavy atom. The van der Waals surface area contributed by atoms with Crippen molar-refractivity contribution in [3.63, 3.8) is 0 Å². The number of hydrogen-bond acceptors (Lipinski definition) is 6. The average molecular weight is 436 g/mol. The Morgan fingerprint density at radius 1 is 1.03 bits per heavy atom. The van der Waals surface area contributed by atoms with Crippen molar-refractivity contribution in [2.24, 2.45) is 0 Å². The fraction of sp³-hybridized carbons (Fsp3) is 0.375. The minimum absolute atomic E-state index is 0.0625. The molecular weight excluding hydrogens is 405 g/mol. The average Bonchev–Trinajstić information content (AvgIpc) is 3.25. The first-order chi connectivity index (χ1) is 15.5. The van der Waals surface area contributed by atoms with Gasteiger partial charge in [-0.25, -0.2) is 9.07 Å². The van der Waals surface area contributed by atoms with Gasteiger partial charge in [-0.05, 0) is 45.8 Å². The van der Waals surface area contributed by atoms with Crippen LogP contribution in [0.3, 0.4) is 0 Å². The number of rotatable bonds is 8. The number of hydrogen-bond donors (Lipinski definition) is 0. The largest absolute Gasteiger partial charge is 0.378 e. The zero-order valence-electron chi connectivity index (χ0n) is 18.7. The lowest BCUT2D eigenvalue weighted by Crippen LogP contribution is -2.48. The van der Waals surface area contributed by atoms with Crippen LogP contribution in [-0.2, 0) is 6.54 Å². The van der Waals surface area contributed by atoms with Crippen LogP contribution >= 0.6 is 0 Å². The molecule has 7 nitrogen and oxygen atoms in total. The highest BCUT2D eigenvalue weighted by Crippen LogP contribution is 2.29. The van der Waals surface area contributed by atoms with Crippen LogP contribution in [0.25, 0.3) is 0 Å². The molecule has 0 aliphatic carbocycles. The maximum atomic E-state index is 13.3. The summed E-state index contributed by atoms with van der Waals surface area (Å²) in [4.78, 5) is 6.93. The molecule has 1 unspecified atom stereocenters. The first-order valence-corrected chi connectivity index (χ1v) is 10.9. The summed E-state index contributed by atoms with van der Waals surface area (Å²) in [6, 6.07) is 15.0. The smallest absolute Gasteiger partial charge is 0.173 e. The van der Waals surface area contributed by atoms with Crippen LogP contribution in [0.1, 0.15) is 23.0 Å². The summed E-state index contributed by atoms with van der Waals surface area (Å²) >= 11 is 0. The molecule has 1 saturated heterocycles. The van der Waals surface area contributed by atoms with E-state index >= 15 is 0 Å². The van der Waals surface area contributed by atoms with Crippen LogP contribution in [0, 0.1) is 5.82 Å². The standard InChI is InChI=1S/C24H30FN7/c1-4-13-30-14-16-31(17-15-30)23(20-7-11-22(12-8-20)29(2)3)24-26-27-28-32(24)18-19-5-9-21(25)10-6-19/h4-12,23H,1,13-18H2,2-3H3. The maximum absolute atomic E-state index is 13.3. The van der Waals surface area contributed by atoms with Crippen molar-refractivity contribution in [2.45, 2.75) is 12.6 Å². The second-order valence-electron chi connectivity index (χ2n) is 8.33. The number of aromatic nitrogens is 4. The van der Waals surface area contributed by atoms with E-state index in [2.05, 4.69) is 61.1 Å². The van der Waals surface area contributed by atoms with Gasteiger partial charge < -0.3 is 4.90 Å². The molecule has 4 rings (SSSR count). The third-order valence-corrected chi connectivity index (χ3v) is 5.93. The first-order valence-electron chi connectivity index (χ1n) is 10.9. The Morgan fingerprint density at radius 2 is 1.72 bits per heavy atom. The van der Waals surface area contributed by atoms with Gasteiger partial charge in [-0.15, -0.1) is 11.7 Å². The molecule has 0 amide bonds. The van der Waals surface area contributed by atoms with Crippen LogP contribution in [-0.4, -0.2) is 76.8 Å². The molecule has 0 radical (unpaired) electrons. The van der Waals surface area contributed by atoms with Gasteiger partial charge in [-0.1, -0.05) is 30.3 Å². The summed E-state index contributed by atoms with van der Waals surface area (Å²) in [5.41, 5.74) is 3.26. The maximum Gasteiger partial charge on any atom is 0.173 e. The molecule has 168 valence electrons. The first kappa shape index (κ1) is 22.1. The number of benzene rings is 2. The van der Waals surface area contributed by atoms with Crippen LogP contribution in [0.15, 0.2) is 61.2 Å². The molecule has 0 saturated carbocycles. The lowest BCUT2D eigenvalue weighted by molar-refractivity contribution is 0.112. The van der Waals surface area contributed by atoms with Crippen molar-refractivity contribution in [3.05, 3.63) is 84.0 Å². The van der Waals surface area contributed by atoms with Gasteiger partial charge in [-0.3, -0.25) is 9.80 Å². The van der Waals surface area contributed by atoms with Crippen molar-refractivity contribution < 1.29 is 4.39 Å². The van der Waals surface area contributed by atoms with Gasteiger partial charge in [0.05, 0.1) is 12.6 Å². The van der Waals surface area contributed by atoms with Gasteiger partial charge in [0, 0.05) is 52.5 Å². The Hall–Kier alpha value is -3.10. The molecule has 1 aliphatic heterocycles. The SMILES string of the molecule is C=CCN1CCN(C(c2ccc(N(C)C)cc2)c2nnnn2Cc2ccc(F)cc2)CC1. The lowest BCUT2D eigenvalue weighted by Gasteiger charge is -2.38. The molecule has 1 fully saturated rings. The summed E-state index contributed by atoms with van der Waals surface area (Å²) in [5, 5.41) is 12.7. The topological polar surface area (TPSA) is 53.3 Å². The van der Waals surface area contributed by atoms with Crippen LogP contribution in [0.5, 0.6) is 0 Å². The van der Waals surface area contributed by atoms with E-state index in [1.165, 1.54) is 12.1 Å². The fourth-order valence-electron chi connectivity index (χ4n) is 4.15. The summed E-state index contributed by atoms with van der Waals surface area (Å²) in [6.45, 7) is 9.02. The minimum atomic E-state index is -0.248. The van der Waals surface area contributed by atoms with Crippen molar-refractivity contribution in [1.29, 1.82) is 0 Å². The van der Waals surface area contributed by atoms with Gasteiger partial charge in [0.1, 0.15) is 5.82 Å². The van der Waals surface area contributed by atoms with E-state index in [0.29, 0.717) is 6.54 Å². The summed E-state index contributed by atoms with van der Waals surface area (Å²) in [6.07, 6.45) is 1.95. The summed E-state index contributed by atoms with van der Waals surface area (Å²) in [5.74, 6) is 0.547. The Kier molecular flexibility index (Phi) is 6.92. The van der Waals surface area contributed by atoms with Crippen molar-refractivity contribution in [1.82, 2.24) is 30.0 Å². The quantitative estimate of drug-likeness (QED) is 0.507. The van der Waals surface area contributed by atoms with Crippen molar-refractivity contribution >= 4 is 5.69 Å². The molecular formula is C24H30FN7. The zero-order valence-corrected chi connectivity index (χ0v) is 18.7. The molecule has 1 atom stereocenters. The fourth-order valence-corrected chi connectivity index (χ4v) is 4.15. The van der Waals surface area contributed by atoms with E-state index in [4.69, 9.17) is 0 Å². The summed E-state index contributed by atoms with van der Waals surface area (Å²) < 4.78 is 15.2. The van der Waals surface area contributed by atoms with Crippen LogP contribution < -0.4 is 4.90 Å². The van der Waals surface area contributed by atoms with Gasteiger partial charge in [0.25, 0.3) is 0 Å². The Labute approximate surface area is 188 Å². The number of anilines is 1. The van der Waals surface area contributed by atoms with Gasteiger partial charge in [0.15, 0.2) is 5.82 Å². The zero-order chi connectivity index (χ0) is 22.5. The van der Waals surface area contributed by atoms with Crippen LogP contribution in [0.4, 0.5) is 10.1 Å². The number of halogens is 1. The molecule has 3 aromatic rings. The van der Waals surface area contributed by atoms with Gasteiger partial charge >= 0.3 is 0 Å². The molecule has 1 aromatic heterocycles. The molecule has 0 N–H and O–H groups in total.